The van der Waals surface area contributed by atoms with Crippen LogP contribution in [0.5, 0.6) is 0 Å². The summed E-state index contributed by atoms with van der Waals surface area (Å²) in [6, 6.07) is 9.72. The van der Waals surface area contributed by atoms with Crippen LogP contribution in [0.1, 0.15) is 28.5 Å². The highest BCUT2D eigenvalue weighted by molar-refractivity contribution is 14.0. The van der Waals surface area contributed by atoms with E-state index in [2.05, 4.69) is 47.1 Å². The highest BCUT2D eigenvalue weighted by Gasteiger charge is 2.10. The normalized spacial score (nSPS) is 10.9. The number of hydrogen-bond donors (Lipinski definition) is 2. The van der Waals surface area contributed by atoms with Gasteiger partial charge in [-0.15, -0.1) is 24.0 Å². The van der Waals surface area contributed by atoms with Gasteiger partial charge in [0.05, 0.1) is 6.54 Å². The molecule has 148 valence electrons. The molecule has 2 N–H and O–H groups in total. The SMILES string of the molecule is CCNC(=O)c1cccc(CNC(=NC)N(C)Cc2cc(Br)cn2C)c1.I. The Balaban J connectivity index is 0.00000364. The van der Waals surface area contributed by atoms with Crippen LogP contribution in [-0.4, -0.2) is 42.0 Å². The number of carbonyl (C=O) groups excluding carboxylic acids is 1. The Morgan fingerprint density at radius 2 is 2.04 bits per heavy atom. The molecule has 6 nitrogen and oxygen atoms in total. The predicted molar refractivity (Wildman–Crippen MR) is 125 cm³/mol. The van der Waals surface area contributed by atoms with Crippen LogP contribution >= 0.6 is 39.9 Å². The van der Waals surface area contributed by atoms with E-state index in [-0.39, 0.29) is 29.9 Å². The first-order valence-electron chi connectivity index (χ1n) is 8.54. The summed E-state index contributed by atoms with van der Waals surface area (Å²) >= 11 is 3.50. The van der Waals surface area contributed by atoms with E-state index in [1.807, 2.05) is 51.5 Å². The van der Waals surface area contributed by atoms with Gasteiger partial charge in [0.2, 0.25) is 0 Å². The van der Waals surface area contributed by atoms with E-state index < -0.39 is 0 Å². The molecule has 27 heavy (non-hydrogen) atoms. The Morgan fingerprint density at radius 1 is 1.30 bits per heavy atom. The Kier molecular flexibility index (Phi) is 9.86. The van der Waals surface area contributed by atoms with Gasteiger partial charge in [-0.1, -0.05) is 12.1 Å². The molecule has 2 aromatic rings. The molecule has 0 saturated heterocycles. The highest BCUT2D eigenvalue weighted by Crippen LogP contribution is 2.15. The first kappa shape index (κ1) is 23.5. The summed E-state index contributed by atoms with van der Waals surface area (Å²) < 4.78 is 3.15. The van der Waals surface area contributed by atoms with Crippen molar-refractivity contribution in [2.75, 3.05) is 20.6 Å². The van der Waals surface area contributed by atoms with Gasteiger partial charge in [-0.3, -0.25) is 9.79 Å². The molecular weight excluding hydrogens is 521 g/mol. The number of halogens is 2. The molecule has 0 unspecified atom stereocenters. The van der Waals surface area contributed by atoms with Crippen LogP contribution in [0.15, 0.2) is 46.0 Å². The Morgan fingerprint density at radius 3 is 2.63 bits per heavy atom. The van der Waals surface area contributed by atoms with E-state index >= 15 is 0 Å². The van der Waals surface area contributed by atoms with Crippen LogP contribution in [0, 0.1) is 0 Å². The zero-order chi connectivity index (χ0) is 19.1. The zero-order valence-electron chi connectivity index (χ0n) is 16.1. The molecular formula is C19H27BrIN5O. The molecule has 0 spiro atoms. The van der Waals surface area contributed by atoms with Crippen LogP contribution in [0.4, 0.5) is 0 Å². The largest absolute Gasteiger partial charge is 0.352 e. The summed E-state index contributed by atoms with van der Waals surface area (Å²) in [5.41, 5.74) is 2.88. The molecule has 1 amide bonds. The van der Waals surface area contributed by atoms with Gasteiger partial charge in [0.15, 0.2) is 5.96 Å². The first-order chi connectivity index (χ1) is 12.4. The smallest absolute Gasteiger partial charge is 0.251 e. The Labute approximate surface area is 186 Å². The van der Waals surface area contributed by atoms with Gasteiger partial charge in [0, 0.05) is 56.2 Å². The lowest BCUT2D eigenvalue weighted by Crippen LogP contribution is -2.38. The zero-order valence-corrected chi connectivity index (χ0v) is 20.0. The van der Waals surface area contributed by atoms with Crippen molar-refractivity contribution in [3.63, 3.8) is 0 Å². The summed E-state index contributed by atoms with van der Waals surface area (Å²) in [6.07, 6.45) is 2.03. The second-order valence-corrected chi connectivity index (χ2v) is 6.99. The fraction of sp³-hybridized carbons (Fsp3) is 0.368. The van der Waals surface area contributed by atoms with E-state index in [1.165, 1.54) is 5.69 Å². The maximum absolute atomic E-state index is 12.0. The van der Waals surface area contributed by atoms with Gasteiger partial charge in [-0.2, -0.15) is 0 Å². The lowest BCUT2D eigenvalue weighted by atomic mass is 10.1. The predicted octanol–water partition coefficient (Wildman–Crippen LogP) is 3.36. The van der Waals surface area contributed by atoms with E-state index in [0.29, 0.717) is 18.7 Å². The van der Waals surface area contributed by atoms with Crippen LogP contribution in [0.3, 0.4) is 0 Å². The molecule has 0 aliphatic rings. The summed E-state index contributed by atoms with van der Waals surface area (Å²) in [4.78, 5) is 18.4. The van der Waals surface area contributed by atoms with Gasteiger partial charge in [0.25, 0.3) is 5.91 Å². The highest BCUT2D eigenvalue weighted by atomic mass is 127. The van der Waals surface area contributed by atoms with Crippen molar-refractivity contribution < 1.29 is 4.79 Å². The molecule has 1 aromatic heterocycles. The van der Waals surface area contributed by atoms with E-state index in [1.54, 1.807) is 7.05 Å². The van der Waals surface area contributed by atoms with Crippen LogP contribution in [-0.2, 0) is 20.1 Å². The Hall–Kier alpha value is -1.55. The van der Waals surface area contributed by atoms with Gasteiger partial charge in [-0.05, 0) is 46.6 Å². The molecule has 0 aliphatic heterocycles. The standard InChI is InChI=1S/C19H26BrN5O.HI/c1-5-22-18(26)15-8-6-7-14(9-15)11-23-19(21-2)25(4)13-17-10-16(20)12-24(17)3;/h6-10,12H,5,11,13H2,1-4H3,(H,21,23)(H,22,26);1H. The fourth-order valence-corrected chi connectivity index (χ4v) is 3.26. The van der Waals surface area contributed by atoms with Gasteiger partial charge in [0.1, 0.15) is 0 Å². The number of nitrogens with one attached hydrogen (secondary N) is 2. The Bertz CT molecular complexity index is 790. The molecule has 0 radical (unpaired) electrons. The summed E-state index contributed by atoms with van der Waals surface area (Å²) in [7, 11) is 5.79. The van der Waals surface area contributed by atoms with Crippen molar-refractivity contribution in [1.82, 2.24) is 20.1 Å². The molecule has 8 heteroatoms. The number of amides is 1. The lowest BCUT2D eigenvalue weighted by molar-refractivity contribution is 0.0955. The van der Waals surface area contributed by atoms with Crippen molar-refractivity contribution in [2.24, 2.45) is 12.0 Å². The van der Waals surface area contributed by atoms with Crippen LogP contribution < -0.4 is 10.6 Å². The third-order valence-electron chi connectivity index (χ3n) is 4.02. The topological polar surface area (TPSA) is 61.7 Å². The summed E-state index contributed by atoms with van der Waals surface area (Å²) in [5, 5.41) is 6.17. The number of nitrogens with zero attached hydrogens (tertiary/aromatic N) is 3. The monoisotopic (exact) mass is 547 g/mol. The number of rotatable bonds is 6. The summed E-state index contributed by atoms with van der Waals surface area (Å²) in [6.45, 7) is 3.87. The quantitative estimate of drug-likeness (QED) is 0.331. The molecule has 1 heterocycles. The van der Waals surface area contributed by atoms with E-state index in [9.17, 15) is 4.79 Å². The maximum Gasteiger partial charge on any atom is 0.251 e. The third-order valence-corrected chi connectivity index (χ3v) is 4.46. The number of aliphatic imine (C=N–C) groups is 1. The van der Waals surface area contributed by atoms with Gasteiger partial charge < -0.3 is 20.1 Å². The van der Waals surface area contributed by atoms with Gasteiger partial charge in [-0.25, -0.2) is 0 Å². The molecule has 1 aromatic carbocycles. The molecule has 0 atom stereocenters. The van der Waals surface area contributed by atoms with Crippen molar-refractivity contribution in [3.8, 4) is 0 Å². The number of guanidine groups is 1. The molecule has 0 bridgehead atoms. The lowest BCUT2D eigenvalue weighted by Gasteiger charge is -2.22. The van der Waals surface area contributed by atoms with Crippen molar-refractivity contribution in [1.29, 1.82) is 0 Å². The van der Waals surface area contributed by atoms with Crippen LogP contribution in [0.2, 0.25) is 0 Å². The number of carbonyl (C=O) groups is 1. The van der Waals surface area contributed by atoms with Crippen molar-refractivity contribution >= 4 is 51.8 Å². The molecule has 0 aliphatic carbocycles. The van der Waals surface area contributed by atoms with Crippen molar-refractivity contribution in [2.45, 2.75) is 20.0 Å². The number of hydrogen-bond acceptors (Lipinski definition) is 2. The molecule has 2 rings (SSSR count). The van der Waals surface area contributed by atoms with E-state index in [0.717, 1.165) is 22.5 Å². The number of aromatic nitrogens is 1. The second kappa shape index (κ2) is 11.3. The minimum absolute atomic E-state index is 0. The average Bonchev–Trinajstić information content (AvgIpc) is 2.93. The maximum atomic E-state index is 12.0. The second-order valence-electron chi connectivity index (χ2n) is 6.08. The summed E-state index contributed by atoms with van der Waals surface area (Å²) in [5.74, 6) is 0.746. The minimum Gasteiger partial charge on any atom is -0.352 e. The van der Waals surface area contributed by atoms with Crippen LogP contribution in [0.25, 0.3) is 0 Å². The van der Waals surface area contributed by atoms with E-state index in [4.69, 9.17) is 0 Å². The first-order valence-corrected chi connectivity index (χ1v) is 9.33. The number of aryl methyl sites for hydroxylation is 1. The third kappa shape index (κ3) is 6.84. The molecule has 0 fully saturated rings. The minimum atomic E-state index is -0.0508. The van der Waals surface area contributed by atoms with Crippen molar-refractivity contribution in [3.05, 3.63) is 57.8 Å². The average molecular weight is 548 g/mol. The fourth-order valence-electron chi connectivity index (χ4n) is 2.69. The molecule has 0 saturated carbocycles. The van der Waals surface area contributed by atoms with Gasteiger partial charge >= 0.3 is 0 Å². The number of benzene rings is 1.